The maximum absolute atomic E-state index is 12.5. The summed E-state index contributed by atoms with van der Waals surface area (Å²) in [6, 6.07) is 6.24. The molecule has 7 nitrogen and oxygen atoms in total. The number of thiophene rings is 1. The largest absolute Gasteiger partial charge is 0.325 e. The van der Waals surface area contributed by atoms with Crippen LogP contribution in [0, 0.1) is 13.8 Å². The van der Waals surface area contributed by atoms with Crippen molar-refractivity contribution in [2.45, 2.75) is 37.6 Å². The molecule has 0 fully saturated rings. The lowest BCUT2D eigenvalue weighted by molar-refractivity contribution is -0.113. The monoisotopic (exact) mass is 464 g/mol. The average Bonchev–Trinajstić information content (AvgIpc) is 3.02. The van der Waals surface area contributed by atoms with E-state index in [1.54, 1.807) is 37.3 Å². The molecule has 0 radical (unpaired) electrons. The molecule has 3 rings (SSSR count). The number of nitrogens with one attached hydrogen (secondary N) is 1. The van der Waals surface area contributed by atoms with Crippen LogP contribution in [0.3, 0.4) is 0 Å². The van der Waals surface area contributed by atoms with Crippen LogP contribution in [0.5, 0.6) is 0 Å². The van der Waals surface area contributed by atoms with E-state index in [2.05, 4.69) is 15.3 Å². The molecule has 0 atom stereocenters. The first-order valence-corrected chi connectivity index (χ1v) is 12.8. The molecule has 0 unspecified atom stereocenters. The number of anilines is 1. The Balaban J connectivity index is 1.66. The molecular formula is C20H24N4O3S3. The van der Waals surface area contributed by atoms with Gasteiger partial charge < -0.3 is 5.32 Å². The van der Waals surface area contributed by atoms with Crippen molar-refractivity contribution >= 4 is 54.9 Å². The number of aromatic nitrogens is 2. The van der Waals surface area contributed by atoms with Crippen molar-refractivity contribution in [3.05, 3.63) is 41.0 Å². The number of nitrogens with zero attached hydrogens (tertiary/aromatic N) is 3. The number of rotatable bonds is 8. The number of benzene rings is 1. The van der Waals surface area contributed by atoms with Gasteiger partial charge in [-0.1, -0.05) is 25.6 Å². The third-order valence-electron chi connectivity index (χ3n) is 4.75. The summed E-state index contributed by atoms with van der Waals surface area (Å²) in [7, 11) is -3.51. The summed E-state index contributed by atoms with van der Waals surface area (Å²) >= 11 is 2.98. The first kappa shape index (κ1) is 22.7. The molecule has 0 saturated heterocycles. The molecular weight excluding hydrogens is 440 g/mol. The summed E-state index contributed by atoms with van der Waals surface area (Å²) in [5.41, 5.74) is 1.69. The number of sulfonamides is 1. The van der Waals surface area contributed by atoms with Gasteiger partial charge in [0.05, 0.1) is 10.6 Å². The van der Waals surface area contributed by atoms with Gasteiger partial charge in [-0.2, -0.15) is 4.31 Å². The van der Waals surface area contributed by atoms with Crippen molar-refractivity contribution in [3.63, 3.8) is 0 Å². The minimum atomic E-state index is -3.51. The van der Waals surface area contributed by atoms with E-state index in [9.17, 15) is 13.2 Å². The summed E-state index contributed by atoms with van der Waals surface area (Å²) in [4.78, 5) is 23.4. The Hall–Kier alpha value is -2.01. The van der Waals surface area contributed by atoms with Crippen molar-refractivity contribution in [2.75, 3.05) is 24.2 Å². The average molecular weight is 465 g/mol. The summed E-state index contributed by atoms with van der Waals surface area (Å²) in [5.74, 6) is 0.00987. The standard InChI is InChI=1S/C20H24N4O3S3/c1-5-24(6-2)30(26,27)16-9-7-15(8-10-16)23-17(25)11-28-19-18-13(3)14(4)29-20(18)22-12-21-19/h7-10,12H,5-6,11H2,1-4H3,(H,23,25). The van der Waals surface area contributed by atoms with Crippen molar-refractivity contribution < 1.29 is 13.2 Å². The zero-order valence-electron chi connectivity index (χ0n) is 17.3. The normalized spacial score (nSPS) is 11.9. The SMILES string of the molecule is CCN(CC)S(=O)(=O)c1ccc(NC(=O)CSc2ncnc3sc(C)c(C)c23)cc1. The molecule has 0 aliphatic rings. The fourth-order valence-electron chi connectivity index (χ4n) is 3.01. The maximum Gasteiger partial charge on any atom is 0.243 e. The molecule has 1 N–H and O–H groups in total. The van der Waals surface area contributed by atoms with Gasteiger partial charge in [-0.15, -0.1) is 11.3 Å². The van der Waals surface area contributed by atoms with Gasteiger partial charge in [0.25, 0.3) is 0 Å². The second-order valence-electron chi connectivity index (χ2n) is 6.59. The molecule has 30 heavy (non-hydrogen) atoms. The predicted molar refractivity (Wildman–Crippen MR) is 123 cm³/mol. The topological polar surface area (TPSA) is 92.3 Å². The summed E-state index contributed by atoms with van der Waals surface area (Å²) in [6.45, 7) is 8.51. The van der Waals surface area contributed by atoms with Crippen LogP contribution in [0.2, 0.25) is 0 Å². The van der Waals surface area contributed by atoms with E-state index in [-0.39, 0.29) is 16.6 Å². The van der Waals surface area contributed by atoms with E-state index < -0.39 is 10.0 Å². The number of carbonyl (C=O) groups excluding carboxylic acids is 1. The molecule has 10 heteroatoms. The third-order valence-corrected chi connectivity index (χ3v) is 8.92. The zero-order valence-corrected chi connectivity index (χ0v) is 19.7. The van der Waals surface area contributed by atoms with Crippen molar-refractivity contribution in [1.82, 2.24) is 14.3 Å². The number of hydrogen-bond donors (Lipinski definition) is 1. The summed E-state index contributed by atoms with van der Waals surface area (Å²) in [6.07, 6.45) is 1.52. The second-order valence-corrected chi connectivity index (χ2v) is 10.7. The molecule has 1 aromatic carbocycles. The van der Waals surface area contributed by atoms with Gasteiger partial charge in [0.2, 0.25) is 15.9 Å². The molecule has 2 heterocycles. The Morgan fingerprint density at radius 3 is 2.43 bits per heavy atom. The lowest BCUT2D eigenvalue weighted by atomic mass is 10.2. The highest BCUT2D eigenvalue weighted by molar-refractivity contribution is 8.00. The molecule has 0 saturated carbocycles. The minimum absolute atomic E-state index is 0.185. The molecule has 0 spiro atoms. The van der Waals surface area contributed by atoms with Crippen LogP contribution >= 0.6 is 23.1 Å². The van der Waals surface area contributed by atoms with E-state index >= 15 is 0 Å². The molecule has 0 bridgehead atoms. The Morgan fingerprint density at radius 1 is 1.13 bits per heavy atom. The van der Waals surface area contributed by atoms with E-state index in [1.165, 1.54) is 39.4 Å². The van der Waals surface area contributed by atoms with Crippen LogP contribution in [0.15, 0.2) is 40.5 Å². The Labute approximate surface area is 185 Å². The third kappa shape index (κ3) is 4.66. The van der Waals surface area contributed by atoms with Gasteiger partial charge in [-0.25, -0.2) is 18.4 Å². The van der Waals surface area contributed by atoms with Crippen molar-refractivity contribution in [3.8, 4) is 0 Å². The quantitative estimate of drug-likeness (QED) is 0.399. The van der Waals surface area contributed by atoms with Gasteiger partial charge >= 0.3 is 0 Å². The minimum Gasteiger partial charge on any atom is -0.325 e. The number of thioether (sulfide) groups is 1. The predicted octanol–water partition coefficient (Wildman–Crippen LogP) is 4.07. The van der Waals surface area contributed by atoms with E-state index in [0.717, 1.165) is 20.8 Å². The number of hydrogen-bond acceptors (Lipinski definition) is 7. The van der Waals surface area contributed by atoms with Gasteiger partial charge in [0, 0.05) is 29.0 Å². The van der Waals surface area contributed by atoms with Crippen LogP contribution in [0.1, 0.15) is 24.3 Å². The number of aryl methyl sites for hydroxylation is 2. The molecule has 0 aliphatic carbocycles. The Bertz CT molecular complexity index is 1150. The first-order valence-electron chi connectivity index (χ1n) is 9.51. The van der Waals surface area contributed by atoms with E-state index in [1.807, 2.05) is 13.8 Å². The highest BCUT2D eigenvalue weighted by Gasteiger charge is 2.21. The highest BCUT2D eigenvalue weighted by atomic mass is 32.2. The van der Waals surface area contributed by atoms with Gasteiger partial charge in [0.1, 0.15) is 16.2 Å². The summed E-state index contributed by atoms with van der Waals surface area (Å²) in [5, 5.41) is 4.60. The van der Waals surface area contributed by atoms with E-state index in [4.69, 9.17) is 0 Å². The van der Waals surface area contributed by atoms with Crippen molar-refractivity contribution in [2.24, 2.45) is 0 Å². The Kier molecular flexibility index (Phi) is 7.12. The smallest absolute Gasteiger partial charge is 0.243 e. The van der Waals surface area contributed by atoms with Gasteiger partial charge in [-0.05, 0) is 43.7 Å². The first-order chi connectivity index (χ1) is 14.3. The van der Waals surface area contributed by atoms with E-state index in [0.29, 0.717) is 18.8 Å². The number of fused-ring (bicyclic) bond motifs is 1. The van der Waals surface area contributed by atoms with Crippen LogP contribution < -0.4 is 5.32 Å². The lowest BCUT2D eigenvalue weighted by Crippen LogP contribution is -2.30. The fraction of sp³-hybridized carbons (Fsp3) is 0.350. The molecule has 3 aromatic rings. The van der Waals surface area contributed by atoms with Crippen molar-refractivity contribution in [1.29, 1.82) is 0 Å². The Morgan fingerprint density at radius 2 is 1.80 bits per heavy atom. The zero-order chi connectivity index (χ0) is 21.9. The lowest BCUT2D eigenvalue weighted by Gasteiger charge is -2.18. The summed E-state index contributed by atoms with van der Waals surface area (Å²) < 4.78 is 26.5. The molecule has 2 aromatic heterocycles. The molecule has 160 valence electrons. The van der Waals surface area contributed by atoms with Gasteiger partial charge in [0.15, 0.2) is 0 Å². The van der Waals surface area contributed by atoms with Crippen LogP contribution in [0.4, 0.5) is 5.69 Å². The highest BCUT2D eigenvalue weighted by Crippen LogP contribution is 2.34. The van der Waals surface area contributed by atoms with Gasteiger partial charge in [-0.3, -0.25) is 4.79 Å². The fourth-order valence-corrected chi connectivity index (χ4v) is 6.39. The van der Waals surface area contributed by atoms with Crippen LogP contribution in [-0.2, 0) is 14.8 Å². The second kappa shape index (κ2) is 9.42. The van der Waals surface area contributed by atoms with Crippen LogP contribution in [-0.4, -0.2) is 47.4 Å². The molecule has 0 aliphatic heterocycles. The van der Waals surface area contributed by atoms with Crippen LogP contribution in [0.25, 0.3) is 10.2 Å². The number of amides is 1. The maximum atomic E-state index is 12.5. The number of carbonyl (C=O) groups is 1. The molecule has 1 amide bonds.